The fourth-order valence-corrected chi connectivity index (χ4v) is 2.38. The summed E-state index contributed by atoms with van der Waals surface area (Å²) in [5, 5.41) is 0. The molecule has 0 saturated heterocycles. The molecule has 0 amide bonds. The molecule has 0 aliphatic rings. The fraction of sp³-hybridized carbons (Fsp3) is 0.0526. The Morgan fingerprint density at radius 3 is 2.38 bits per heavy atom. The van der Waals surface area contributed by atoms with E-state index >= 15 is 0 Å². The van der Waals surface area contributed by atoms with Crippen molar-refractivity contribution in [2.45, 2.75) is 6.92 Å². The maximum Gasteiger partial charge on any atom is 0.150 e. The Morgan fingerprint density at radius 1 is 0.905 bits per heavy atom. The second-order valence-electron chi connectivity index (χ2n) is 5.00. The molecule has 2 nitrogen and oxygen atoms in total. The van der Waals surface area contributed by atoms with Crippen molar-refractivity contribution >= 4 is 6.29 Å². The minimum Gasteiger partial charge on any atom is -0.298 e. The number of hydrogen-bond donors (Lipinski definition) is 0. The lowest BCUT2D eigenvalue weighted by molar-refractivity contribution is 0.112. The van der Waals surface area contributed by atoms with Crippen LogP contribution in [0.5, 0.6) is 0 Å². The molecule has 3 rings (SSSR count). The van der Waals surface area contributed by atoms with Crippen LogP contribution in [0.15, 0.2) is 66.9 Å². The van der Waals surface area contributed by atoms with Gasteiger partial charge in [0.05, 0.1) is 5.69 Å². The monoisotopic (exact) mass is 273 g/mol. The first-order valence-corrected chi connectivity index (χ1v) is 6.85. The lowest BCUT2D eigenvalue weighted by atomic mass is 9.95. The Kier molecular flexibility index (Phi) is 3.61. The van der Waals surface area contributed by atoms with Crippen LogP contribution in [0.3, 0.4) is 0 Å². The van der Waals surface area contributed by atoms with E-state index in [1.165, 1.54) is 5.56 Å². The molecule has 0 N–H and O–H groups in total. The largest absolute Gasteiger partial charge is 0.298 e. The van der Waals surface area contributed by atoms with Gasteiger partial charge >= 0.3 is 0 Å². The van der Waals surface area contributed by atoms with Crippen LogP contribution in [0.25, 0.3) is 22.4 Å². The molecule has 21 heavy (non-hydrogen) atoms. The van der Waals surface area contributed by atoms with Crippen molar-refractivity contribution < 1.29 is 4.79 Å². The number of carbonyl (C=O) groups is 1. The van der Waals surface area contributed by atoms with Crippen LogP contribution in [0.2, 0.25) is 0 Å². The lowest BCUT2D eigenvalue weighted by Crippen LogP contribution is -1.89. The predicted molar refractivity (Wildman–Crippen MR) is 85.2 cm³/mol. The third-order valence-electron chi connectivity index (χ3n) is 3.47. The SMILES string of the molecule is Cc1ccc(-c2ccccn2)c(-c2ccc(C=O)cc2)c1. The van der Waals surface area contributed by atoms with E-state index in [4.69, 9.17) is 0 Å². The zero-order valence-corrected chi connectivity index (χ0v) is 11.8. The summed E-state index contributed by atoms with van der Waals surface area (Å²) in [4.78, 5) is 15.2. The van der Waals surface area contributed by atoms with Crippen LogP contribution < -0.4 is 0 Å². The van der Waals surface area contributed by atoms with E-state index in [0.29, 0.717) is 5.56 Å². The first-order valence-electron chi connectivity index (χ1n) is 6.85. The number of hydrogen-bond acceptors (Lipinski definition) is 2. The standard InChI is InChI=1S/C19H15NO/c1-14-5-10-17(19-4-2-3-11-20-19)18(12-14)16-8-6-15(13-21)7-9-16/h2-13H,1H3. The van der Waals surface area contributed by atoms with Crippen molar-refractivity contribution in [2.75, 3.05) is 0 Å². The van der Waals surface area contributed by atoms with Crippen LogP contribution in [0.4, 0.5) is 0 Å². The number of benzene rings is 2. The number of nitrogens with zero attached hydrogens (tertiary/aromatic N) is 1. The first kappa shape index (κ1) is 13.3. The minimum atomic E-state index is 0.686. The van der Waals surface area contributed by atoms with Gasteiger partial charge in [0.25, 0.3) is 0 Å². The van der Waals surface area contributed by atoms with E-state index in [1.807, 2.05) is 42.5 Å². The third-order valence-corrected chi connectivity index (χ3v) is 3.47. The van der Waals surface area contributed by atoms with Crippen LogP contribution in [0, 0.1) is 6.92 Å². The van der Waals surface area contributed by atoms with Crippen molar-refractivity contribution in [1.29, 1.82) is 0 Å². The molecule has 0 bridgehead atoms. The Labute approximate surface area is 124 Å². The van der Waals surface area contributed by atoms with Gasteiger partial charge in [-0.15, -0.1) is 0 Å². The summed E-state index contributed by atoms with van der Waals surface area (Å²) in [5.74, 6) is 0. The molecule has 0 spiro atoms. The summed E-state index contributed by atoms with van der Waals surface area (Å²) in [6, 6.07) is 19.9. The highest BCUT2D eigenvalue weighted by atomic mass is 16.1. The number of aldehydes is 1. The minimum absolute atomic E-state index is 0.686. The summed E-state index contributed by atoms with van der Waals surface area (Å²) in [5.41, 5.74) is 6.15. The van der Waals surface area contributed by atoms with Crippen molar-refractivity contribution in [2.24, 2.45) is 0 Å². The summed E-state index contributed by atoms with van der Waals surface area (Å²) < 4.78 is 0. The first-order chi connectivity index (χ1) is 10.3. The van der Waals surface area contributed by atoms with E-state index < -0.39 is 0 Å². The quantitative estimate of drug-likeness (QED) is 0.656. The molecule has 0 unspecified atom stereocenters. The van der Waals surface area contributed by atoms with E-state index in [1.54, 1.807) is 6.20 Å². The summed E-state index contributed by atoms with van der Waals surface area (Å²) in [7, 11) is 0. The Hall–Kier alpha value is -2.74. The number of aromatic nitrogens is 1. The van der Waals surface area contributed by atoms with Crippen LogP contribution in [-0.4, -0.2) is 11.3 Å². The molecule has 0 saturated carbocycles. The normalized spacial score (nSPS) is 10.3. The average molecular weight is 273 g/mol. The van der Waals surface area contributed by atoms with Gasteiger partial charge in [-0.25, -0.2) is 0 Å². The Balaban J connectivity index is 2.16. The summed E-state index contributed by atoms with van der Waals surface area (Å²) in [6.45, 7) is 2.07. The van der Waals surface area contributed by atoms with Crippen molar-refractivity contribution in [3.05, 3.63) is 78.0 Å². The van der Waals surface area contributed by atoms with Gasteiger partial charge in [0.2, 0.25) is 0 Å². The van der Waals surface area contributed by atoms with E-state index in [2.05, 4.69) is 30.1 Å². The van der Waals surface area contributed by atoms with Crippen molar-refractivity contribution in [3.63, 3.8) is 0 Å². The predicted octanol–water partition coefficient (Wildman–Crippen LogP) is 4.54. The second kappa shape index (κ2) is 5.71. The van der Waals surface area contributed by atoms with Gasteiger partial charge in [-0.05, 0) is 30.2 Å². The number of aryl methyl sites for hydroxylation is 1. The van der Waals surface area contributed by atoms with Crippen molar-refractivity contribution in [1.82, 2.24) is 4.98 Å². The van der Waals surface area contributed by atoms with Gasteiger partial charge in [0, 0.05) is 17.3 Å². The fourth-order valence-electron chi connectivity index (χ4n) is 2.38. The number of carbonyl (C=O) groups excluding carboxylic acids is 1. The topological polar surface area (TPSA) is 30.0 Å². The second-order valence-corrected chi connectivity index (χ2v) is 5.00. The lowest BCUT2D eigenvalue weighted by Gasteiger charge is -2.11. The van der Waals surface area contributed by atoms with E-state index in [0.717, 1.165) is 28.7 Å². The summed E-state index contributed by atoms with van der Waals surface area (Å²) in [6.07, 6.45) is 2.66. The maximum atomic E-state index is 10.8. The van der Waals surface area contributed by atoms with Gasteiger partial charge < -0.3 is 0 Å². The smallest absolute Gasteiger partial charge is 0.150 e. The molecule has 0 fully saturated rings. The molecule has 2 heteroatoms. The van der Waals surface area contributed by atoms with E-state index in [-0.39, 0.29) is 0 Å². The third kappa shape index (κ3) is 2.75. The van der Waals surface area contributed by atoms with E-state index in [9.17, 15) is 4.79 Å². The molecular weight excluding hydrogens is 258 g/mol. The molecule has 3 aromatic rings. The molecule has 1 aromatic heterocycles. The highest BCUT2D eigenvalue weighted by molar-refractivity contribution is 5.84. The molecule has 0 radical (unpaired) electrons. The van der Waals surface area contributed by atoms with Gasteiger partial charge in [0.15, 0.2) is 0 Å². The molecule has 0 atom stereocenters. The Bertz CT molecular complexity index is 761. The number of pyridine rings is 1. The molecule has 0 aliphatic heterocycles. The highest BCUT2D eigenvalue weighted by Gasteiger charge is 2.08. The maximum absolute atomic E-state index is 10.8. The molecular formula is C19H15NO. The average Bonchev–Trinajstić information content (AvgIpc) is 2.56. The molecule has 102 valence electrons. The molecule has 1 heterocycles. The zero-order chi connectivity index (χ0) is 14.7. The van der Waals surface area contributed by atoms with Gasteiger partial charge in [-0.1, -0.05) is 54.1 Å². The summed E-state index contributed by atoms with van der Waals surface area (Å²) >= 11 is 0. The van der Waals surface area contributed by atoms with Crippen LogP contribution in [-0.2, 0) is 0 Å². The van der Waals surface area contributed by atoms with Gasteiger partial charge in [0.1, 0.15) is 6.29 Å². The highest BCUT2D eigenvalue weighted by Crippen LogP contribution is 2.31. The molecule has 2 aromatic carbocycles. The zero-order valence-electron chi connectivity index (χ0n) is 11.8. The number of rotatable bonds is 3. The van der Waals surface area contributed by atoms with Gasteiger partial charge in [-0.3, -0.25) is 9.78 Å². The Morgan fingerprint density at radius 2 is 1.71 bits per heavy atom. The molecule has 0 aliphatic carbocycles. The van der Waals surface area contributed by atoms with Gasteiger partial charge in [-0.2, -0.15) is 0 Å². The van der Waals surface area contributed by atoms with Crippen LogP contribution >= 0.6 is 0 Å². The van der Waals surface area contributed by atoms with Crippen LogP contribution in [0.1, 0.15) is 15.9 Å². The van der Waals surface area contributed by atoms with Crippen molar-refractivity contribution in [3.8, 4) is 22.4 Å².